The number of aromatic nitrogens is 2. The van der Waals surface area contributed by atoms with Gasteiger partial charge in [-0.25, -0.2) is 0 Å². The first-order chi connectivity index (χ1) is 14.1. The first kappa shape index (κ1) is 18.8. The van der Waals surface area contributed by atoms with E-state index >= 15 is 0 Å². The van der Waals surface area contributed by atoms with Crippen LogP contribution in [0.2, 0.25) is 0 Å². The van der Waals surface area contributed by atoms with Crippen LogP contribution in [0.5, 0.6) is 11.6 Å². The molecular formula is C22H18N2O4S. The Morgan fingerprint density at radius 2 is 1.45 bits per heavy atom. The number of hydrogen-bond acceptors (Lipinski definition) is 5. The lowest BCUT2D eigenvalue weighted by molar-refractivity contribution is 0.414. The van der Waals surface area contributed by atoms with E-state index in [-0.39, 0.29) is 10.8 Å². The van der Waals surface area contributed by atoms with Crippen molar-refractivity contribution in [2.24, 2.45) is 0 Å². The Kier molecular flexibility index (Phi) is 5.05. The summed E-state index contributed by atoms with van der Waals surface area (Å²) in [5.41, 5.74) is 2.09. The molecule has 0 aliphatic carbocycles. The van der Waals surface area contributed by atoms with Gasteiger partial charge < -0.3 is 8.92 Å². The molecule has 0 radical (unpaired) electrons. The maximum atomic E-state index is 12.7. The fourth-order valence-corrected chi connectivity index (χ4v) is 3.76. The third-order valence-electron chi connectivity index (χ3n) is 4.29. The van der Waals surface area contributed by atoms with Crippen molar-refractivity contribution < 1.29 is 17.3 Å². The summed E-state index contributed by atoms with van der Waals surface area (Å²) in [7, 11) is -2.43. The summed E-state index contributed by atoms with van der Waals surface area (Å²) in [6.07, 6.45) is 0. The molecular weight excluding hydrogens is 388 g/mol. The van der Waals surface area contributed by atoms with Crippen LogP contribution in [0.25, 0.3) is 16.9 Å². The minimum atomic E-state index is -4.01. The van der Waals surface area contributed by atoms with Gasteiger partial charge in [0.1, 0.15) is 10.6 Å². The first-order valence-electron chi connectivity index (χ1n) is 8.86. The van der Waals surface area contributed by atoms with Gasteiger partial charge in [0.15, 0.2) is 0 Å². The lowest BCUT2D eigenvalue weighted by atomic mass is 10.2. The van der Waals surface area contributed by atoms with Gasteiger partial charge in [0, 0.05) is 11.6 Å². The van der Waals surface area contributed by atoms with Gasteiger partial charge in [0.05, 0.1) is 18.5 Å². The molecule has 7 heteroatoms. The number of rotatable bonds is 6. The lowest BCUT2D eigenvalue weighted by Gasteiger charge is -2.10. The highest BCUT2D eigenvalue weighted by Gasteiger charge is 2.21. The van der Waals surface area contributed by atoms with Crippen LogP contribution in [-0.2, 0) is 10.1 Å². The fraction of sp³-hybridized carbons (Fsp3) is 0.0455. The predicted molar refractivity (Wildman–Crippen MR) is 110 cm³/mol. The normalized spacial score (nSPS) is 11.2. The van der Waals surface area contributed by atoms with Crippen LogP contribution in [0.4, 0.5) is 0 Å². The maximum Gasteiger partial charge on any atom is 0.340 e. The molecule has 3 aromatic carbocycles. The van der Waals surface area contributed by atoms with Crippen LogP contribution in [-0.4, -0.2) is 25.3 Å². The van der Waals surface area contributed by atoms with E-state index in [1.165, 1.54) is 16.8 Å². The maximum absolute atomic E-state index is 12.7. The Morgan fingerprint density at radius 1 is 0.828 bits per heavy atom. The lowest BCUT2D eigenvalue weighted by Crippen LogP contribution is -2.12. The highest BCUT2D eigenvalue weighted by Crippen LogP contribution is 2.29. The van der Waals surface area contributed by atoms with Gasteiger partial charge in [0.2, 0.25) is 5.88 Å². The third-order valence-corrected chi connectivity index (χ3v) is 5.53. The Balaban J connectivity index is 1.79. The Labute approximate surface area is 169 Å². The molecule has 0 atom stereocenters. The molecule has 0 spiro atoms. The van der Waals surface area contributed by atoms with E-state index in [9.17, 15) is 8.42 Å². The summed E-state index contributed by atoms with van der Waals surface area (Å²) in [5.74, 6) is 0.779. The second-order valence-electron chi connectivity index (χ2n) is 6.19. The molecule has 1 aromatic heterocycles. The SMILES string of the molecule is COc1ccc(-n2nc(-c3ccccc3)cc2OS(=O)(=O)c2ccccc2)cc1. The summed E-state index contributed by atoms with van der Waals surface area (Å²) in [6.45, 7) is 0. The standard InChI is InChI=1S/C22H18N2O4S/c1-27-19-14-12-18(13-15-19)24-22(16-21(23-24)17-8-4-2-5-9-17)28-29(25,26)20-10-6-3-7-11-20/h2-16H,1H3. The molecule has 6 nitrogen and oxygen atoms in total. The average molecular weight is 406 g/mol. The van der Waals surface area contributed by atoms with Crippen molar-refractivity contribution >= 4 is 10.1 Å². The van der Waals surface area contributed by atoms with E-state index in [1.54, 1.807) is 55.6 Å². The summed E-state index contributed by atoms with van der Waals surface area (Å²) in [6, 6.07) is 26.2. The number of methoxy groups -OCH3 is 1. The van der Waals surface area contributed by atoms with Crippen LogP contribution in [0.15, 0.2) is 95.9 Å². The molecule has 4 aromatic rings. The summed E-state index contributed by atoms with van der Waals surface area (Å²) in [4.78, 5) is 0.0729. The Hall–Kier alpha value is -3.58. The van der Waals surface area contributed by atoms with Crippen LogP contribution in [0.1, 0.15) is 0 Å². The van der Waals surface area contributed by atoms with E-state index in [1.807, 2.05) is 30.3 Å². The smallest absolute Gasteiger partial charge is 0.340 e. The zero-order valence-electron chi connectivity index (χ0n) is 15.6. The largest absolute Gasteiger partial charge is 0.497 e. The van der Waals surface area contributed by atoms with E-state index in [2.05, 4.69) is 5.10 Å². The molecule has 0 fully saturated rings. The fourth-order valence-electron chi connectivity index (χ4n) is 2.83. The van der Waals surface area contributed by atoms with Crippen LogP contribution < -0.4 is 8.92 Å². The molecule has 0 bridgehead atoms. The zero-order chi connectivity index (χ0) is 20.3. The number of hydrogen-bond donors (Lipinski definition) is 0. The molecule has 29 heavy (non-hydrogen) atoms. The monoisotopic (exact) mass is 406 g/mol. The molecule has 1 heterocycles. The van der Waals surface area contributed by atoms with Crippen LogP contribution in [0, 0.1) is 0 Å². The Bertz CT molecular complexity index is 1200. The van der Waals surface area contributed by atoms with Gasteiger partial charge in [-0.2, -0.15) is 18.2 Å². The molecule has 146 valence electrons. The van der Waals surface area contributed by atoms with Gasteiger partial charge in [-0.1, -0.05) is 48.5 Å². The zero-order valence-corrected chi connectivity index (χ0v) is 16.4. The molecule has 0 aliphatic heterocycles. The van der Waals surface area contributed by atoms with Gasteiger partial charge in [-0.05, 0) is 36.4 Å². The third kappa shape index (κ3) is 4.00. The van der Waals surface area contributed by atoms with Crippen molar-refractivity contribution in [1.82, 2.24) is 9.78 Å². The molecule has 4 rings (SSSR count). The summed E-state index contributed by atoms with van der Waals surface area (Å²) in [5, 5.41) is 4.57. The summed E-state index contributed by atoms with van der Waals surface area (Å²) >= 11 is 0. The highest BCUT2D eigenvalue weighted by molar-refractivity contribution is 7.87. The minimum absolute atomic E-state index is 0.0729. The highest BCUT2D eigenvalue weighted by atomic mass is 32.2. The quantitative estimate of drug-likeness (QED) is 0.446. The molecule has 0 N–H and O–H groups in total. The molecule has 0 amide bonds. The second kappa shape index (κ2) is 7.81. The molecule has 0 unspecified atom stereocenters. The molecule has 0 saturated carbocycles. The minimum Gasteiger partial charge on any atom is -0.497 e. The topological polar surface area (TPSA) is 70.4 Å². The molecule has 0 saturated heterocycles. The van der Waals surface area contributed by atoms with E-state index in [4.69, 9.17) is 8.92 Å². The van der Waals surface area contributed by atoms with Crippen molar-refractivity contribution in [1.29, 1.82) is 0 Å². The Morgan fingerprint density at radius 3 is 2.07 bits per heavy atom. The van der Waals surface area contributed by atoms with Gasteiger partial charge in [-0.15, -0.1) is 0 Å². The predicted octanol–water partition coefficient (Wildman–Crippen LogP) is 4.32. The van der Waals surface area contributed by atoms with Crippen molar-refractivity contribution in [3.05, 3.63) is 91.0 Å². The first-order valence-corrected chi connectivity index (χ1v) is 10.3. The number of benzene rings is 3. The molecule has 0 aliphatic rings. The number of nitrogens with zero attached hydrogens (tertiary/aromatic N) is 2. The second-order valence-corrected chi connectivity index (χ2v) is 7.74. The van der Waals surface area contributed by atoms with Crippen molar-refractivity contribution in [2.45, 2.75) is 4.90 Å². The van der Waals surface area contributed by atoms with Crippen molar-refractivity contribution in [2.75, 3.05) is 7.11 Å². The number of ether oxygens (including phenoxy) is 1. The average Bonchev–Trinajstić information content (AvgIpc) is 3.18. The van der Waals surface area contributed by atoms with Gasteiger partial charge in [0.25, 0.3) is 0 Å². The van der Waals surface area contributed by atoms with E-state index in [0.717, 1.165) is 5.56 Å². The van der Waals surface area contributed by atoms with Crippen molar-refractivity contribution in [3.8, 4) is 28.6 Å². The van der Waals surface area contributed by atoms with Crippen LogP contribution >= 0.6 is 0 Å². The summed E-state index contributed by atoms with van der Waals surface area (Å²) < 4.78 is 37.6. The van der Waals surface area contributed by atoms with Gasteiger partial charge in [-0.3, -0.25) is 0 Å². The van der Waals surface area contributed by atoms with Crippen molar-refractivity contribution in [3.63, 3.8) is 0 Å². The van der Waals surface area contributed by atoms with E-state index < -0.39 is 10.1 Å². The van der Waals surface area contributed by atoms with Crippen LogP contribution in [0.3, 0.4) is 0 Å². The van der Waals surface area contributed by atoms with E-state index in [0.29, 0.717) is 17.1 Å². The van der Waals surface area contributed by atoms with Gasteiger partial charge >= 0.3 is 10.1 Å².